The van der Waals surface area contributed by atoms with Crippen LogP contribution in [0.3, 0.4) is 0 Å². The molecular formula is C12H8Cl2O. The van der Waals surface area contributed by atoms with Gasteiger partial charge < -0.3 is 5.11 Å². The van der Waals surface area contributed by atoms with Crippen molar-refractivity contribution < 1.29 is 5.11 Å². The highest BCUT2D eigenvalue weighted by Crippen LogP contribution is 2.35. The predicted molar refractivity (Wildman–Crippen MR) is 63.6 cm³/mol. The van der Waals surface area contributed by atoms with Crippen LogP contribution in [0.1, 0.15) is 0 Å². The number of halogens is 2. The summed E-state index contributed by atoms with van der Waals surface area (Å²) in [5, 5.41) is 10.1. The van der Waals surface area contributed by atoms with E-state index in [1.807, 2.05) is 30.3 Å². The van der Waals surface area contributed by atoms with Crippen LogP contribution in [0.5, 0.6) is 5.75 Å². The Morgan fingerprint density at radius 1 is 0.867 bits per heavy atom. The molecule has 0 unspecified atom stereocenters. The predicted octanol–water partition coefficient (Wildman–Crippen LogP) is 4.37. The molecule has 0 bridgehead atoms. The molecule has 0 aliphatic carbocycles. The Kier molecular flexibility index (Phi) is 2.85. The third-order valence-electron chi connectivity index (χ3n) is 2.12. The van der Waals surface area contributed by atoms with Crippen LogP contribution < -0.4 is 0 Å². The summed E-state index contributed by atoms with van der Waals surface area (Å²) in [4.78, 5) is 0. The molecule has 1 N–H and O–H groups in total. The van der Waals surface area contributed by atoms with Crippen molar-refractivity contribution in [3.63, 3.8) is 0 Å². The second-order valence-corrected chi connectivity index (χ2v) is 3.94. The Hall–Kier alpha value is -1.18. The molecule has 3 heteroatoms. The summed E-state index contributed by atoms with van der Waals surface area (Å²) in [5.74, 6) is 0.00280. The number of hydrogen-bond acceptors (Lipinski definition) is 1. The fourth-order valence-electron chi connectivity index (χ4n) is 1.37. The molecule has 0 aliphatic heterocycles. The molecule has 0 aliphatic rings. The van der Waals surface area contributed by atoms with Crippen LogP contribution >= 0.6 is 23.2 Å². The first-order valence-electron chi connectivity index (χ1n) is 4.42. The summed E-state index contributed by atoms with van der Waals surface area (Å²) in [6.45, 7) is 0. The third kappa shape index (κ3) is 2.09. The lowest BCUT2D eigenvalue weighted by Gasteiger charge is -2.05. The van der Waals surface area contributed by atoms with Crippen molar-refractivity contribution in [1.82, 2.24) is 0 Å². The van der Waals surface area contributed by atoms with Crippen molar-refractivity contribution in [2.24, 2.45) is 0 Å². The molecule has 0 radical (unpaired) electrons. The molecule has 0 heterocycles. The number of phenolic OH excluding ortho intramolecular Hbond substituents is 1. The smallest absolute Gasteiger partial charge is 0.136 e. The van der Waals surface area contributed by atoms with Gasteiger partial charge in [-0.25, -0.2) is 0 Å². The number of hydrogen-bond donors (Lipinski definition) is 1. The van der Waals surface area contributed by atoms with Gasteiger partial charge >= 0.3 is 0 Å². The van der Waals surface area contributed by atoms with Gasteiger partial charge in [0.15, 0.2) is 0 Å². The molecule has 2 aromatic carbocycles. The minimum atomic E-state index is 0.00280. The van der Waals surface area contributed by atoms with Gasteiger partial charge in [0.25, 0.3) is 0 Å². The Bertz CT molecular complexity index is 457. The number of rotatable bonds is 1. The quantitative estimate of drug-likeness (QED) is 0.783. The van der Waals surface area contributed by atoms with Crippen molar-refractivity contribution in [2.75, 3.05) is 0 Å². The van der Waals surface area contributed by atoms with Gasteiger partial charge in [-0.15, -0.1) is 0 Å². The molecule has 0 amide bonds. The second-order valence-electron chi connectivity index (χ2n) is 3.16. The molecule has 0 atom stereocenters. The van der Waals surface area contributed by atoms with Crippen molar-refractivity contribution in [3.05, 3.63) is 52.5 Å². The number of aromatic hydroxyl groups is 1. The van der Waals surface area contributed by atoms with Crippen LogP contribution in [0, 0.1) is 0 Å². The minimum absolute atomic E-state index is 0.00280. The standard InChI is InChI=1S/C12H8Cl2O/c13-10-6-9(7-11(15)12(10)14)8-4-2-1-3-5-8/h1-7,15H. The van der Waals surface area contributed by atoms with E-state index >= 15 is 0 Å². The van der Waals surface area contributed by atoms with Crippen LogP contribution in [0.4, 0.5) is 0 Å². The zero-order chi connectivity index (χ0) is 10.8. The van der Waals surface area contributed by atoms with Crippen molar-refractivity contribution in [3.8, 4) is 16.9 Å². The first-order chi connectivity index (χ1) is 7.18. The summed E-state index contributed by atoms with van der Waals surface area (Å²) >= 11 is 11.6. The first kappa shape index (κ1) is 10.3. The highest BCUT2D eigenvalue weighted by molar-refractivity contribution is 6.43. The third-order valence-corrected chi connectivity index (χ3v) is 2.91. The summed E-state index contributed by atoms with van der Waals surface area (Å²) in [7, 11) is 0. The SMILES string of the molecule is Oc1cc(-c2ccccc2)cc(Cl)c1Cl. The molecule has 1 nitrogen and oxygen atoms in total. The average Bonchev–Trinajstić information content (AvgIpc) is 2.26. The molecule has 0 fully saturated rings. The summed E-state index contributed by atoms with van der Waals surface area (Å²) < 4.78 is 0. The normalized spacial score (nSPS) is 10.3. The topological polar surface area (TPSA) is 20.2 Å². The maximum absolute atomic E-state index is 9.53. The summed E-state index contributed by atoms with van der Waals surface area (Å²) in [5.41, 5.74) is 1.84. The van der Waals surface area contributed by atoms with Gasteiger partial charge in [0.2, 0.25) is 0 Å². The van der Waals surface area contributed by atoms with E-state index in [-0.39, 0.29) is 10.8 Å². The molecule has 0 spiro atoms. The average molecular weight is 239 g/mol. The molecule has 2 aromatic rings. The maximum atomic E-state index is 9.53. The molecule has 0 saturated heterocycles. The molecule has 0 saturated carbocycles. The number of benzene rings is 2. The number of phenols is 1. The molecular weight excluding hydrogens is 231 g/mol. The van der Waals surface area contributed by atoms with E-state index in [2.05, 4.69) is 0 Å². The Morgan fingerprint density at radius 3 is 2.13 bits per heavy atom. The van der Waals surface area contributed by atoms with Crippen molar-refractivity contribution in [2.45, 2.75) is 0 Å². The van der Waals surface area contributed by atoms with Crippen LogP contribution in [-0.2, 0) is 0 Å². The zero-order valence-corrected chi connectivity index (χ0v) is 9.26. The van der Waals surface area contributed by atoms with Gasteiger partial charge in [0.1, 0.15) is 10.8 Å². The lowest BCUT2D eigenvalue weighted by atomic mass is 10.1. The van der Waals surface area contributed by atoms with Crippen LogP contribution in [0.2, 0.25) is 10.0 Å². The van der Waals surface area contributed by atoms with Gasteiger partial charge in [-0.3, -0.25) is 0 Å². The first-order valence-corrected chi connectivity index (χ1v) is 5.17. The van der Waals surface area contributed by atoms with E-state index < -0.39 is 0 Å². The summed E-state index contributed by atoms with van der Waals surface area (Å²) in [6, 6.07) is 13.0. The minimum Gasteiger partial charge on any atom is -0.506 e. The second kappa shape index (κ2) is 4.13. The van der Waals surface area contributed by atoms with Gasteiger partial charge in [-0.05, 0) is 23.3 Å². The lowest BCUT2D eigenvalue weighted by Crippen LogP contribution is -1.79. The summed E-state index contributed by atoms with van der Waals surface area (Å²) in [6.07, 6.45) is 0. The van der Waals surface area contributed by atoms with E-state index in [0.29, 0.717) is 5.02 Å². The van der Waals surface area contributed by atoms with Crippen LogP contribution in [0.25, 0.3) is 11.1 Å². The van der Waals surface area contributed by atoms with E-state index in [1.165, 1.54) is 0 Å². The maximum Gasteiger partial charge on any atom is 0.136 e. The fourth-order valence-corrected chi connectivity index (χ4v) is 1.70. The van der Waals surface area contributed by atoms with E-state index in [0.717, 1.165) is 11.1 Å². The van der Waals surface area contributed by atoms with E-state index in [4.69, 9.17) is 23.2 Å². The molecule has 15 heavy (non-hydrogen) atoms. The molecule has 2 rings (SSSR count). The van der Waals surface area contributed by atoms with Crippen LogP contribution in [-0.4, -0.2) is 5.11 Å². The highest BCUT2D eigenvalue weighted by Gasteiger charge is 2.07. The molecule has 76 valence electrons. The van der Waals surface area contributed by atoms with E-state index in [1.54, 1.807) is 12.1 Å². The monoisotopic (exact) mass is 238 g/mol. The van der Waals surface area contributed by atoms with Gasteiger partial charge in [0, 0.05) is 0 Å². The van der Waals surface area contributed by atoms with Crippen molar-refractivity contribution in [1.29, 1.82) is 0 Å². The Labute approximate surface area is 97.9 Å². The lowest BCUT2D eigenvalue weighted by molar-refractivity contribution is 0.476. The van der Waals surface area contributed by atoms with Crippen molar-refractivity contribution >= 4 is 23.2 Å². The van der Waals surface area contributed by atoms with Crippen LogP contribution in [0.15, 0.2) is 42.5 Å². The molecule has 0 aromatic heterocycles. The van der Waals surface area contributed by atoms with E-state index in [9.17, 15) is 5.11 Å². The Balaban J connectivity index is 2.56. The van der Waals surface area contributed by atoms with Gasteiger partial charge in [-0.2, -0.15) is 0 Å². The Morgan fingerprint density at radius 2 is 1.53 bits per heavy atom. The highest BCUT2D eigenvalue weighted by atomic mass is 35.5. The van der Waals surface area contributed by atoms with Gasteiger partial charge in [0.05, 0.1) is 5.02 Å². The largest absolute Gasteiger partial charge is 0.506 e. The fraction of sp³-hybridized carbons (Fsp3) is 0. The van der Waals surface area contributed by atoms with Gasteiger partial charge in [-0.1, -0.05) is 53.5 Å². The zero-order valence-electron chi connectivity index (χ0n) is 7.74.